The van der Waals surface area contributed by atoms with Gasteiger partial charge in [-0.25, -0.2) is 4.98 Å². The predicted octanol–water partition coefficient (Wildman–Crippen LogP) is 1.85. The highest BCUT2D eigenvalue weighted by atomic mass is 16.4. The second-order valence-electron chi connectivity index (χ2n) is 4.67. The lowest BCUT2D eigenvalue weighted by atomic mass is 10.0. The molecule has 2 aromatic rings. The molecule has 2 rings (SSSR count). The van der Waals surface area contributed by atoms with Crippen LogP contribution in [0.25, 0.3) is 0 Å². The van der Waals surface area contributed by atoms with Crippen molar-refractivity contribution in [3.8, 4) is 0 Å². The van der Waals surface area contributed by atoms with E-state index in [1.807, 2.05) is 0 Å². The average molecular weight is 288 g/mol. The van der Waals surface area contributed by atoms with E-state index in [2.05, 4.69) is 10.3 Å². The van der Waals surface area contributed by atoms with Crippen molar-refractivity contribution in [3.63, 3.8) is 0 Å². The number of aryl methyl sites for hydroxylation is 2. The highest BCUT2D eigenvalue weighted by Gasteiger charge is 2.16. The summed E-state index contributed by atoms with van der Waals surface area (Å²) in [5.74, 6) is -0.652. The lowest BCUT2D eigenvalue weighted by Crippen LogP contribution is -2.24. The summed E-state index contributed by atoms with van der Waals surface area (Å²) in [6.45, 7) is 3.61. The Morgan fingerprint density at radius 1 is 1.24 bits per heavy atom. The number of benzene rings is 1. The molecule has 2 N–H and O–H groups in total. The molecule has 0 fully saturated rings. The van der Waals surface area contributed by atoms with Gasteiger partial charge in [-0.1, -0.05) is 24.3 Å². The van der Waals surface area contributed by atoms with Gasteiger partial charge in [-0.05, 0) is 18.1 Å². The molecule has 1 amide bonds. The van der Waals surface area contributed by atoms with Crippen molar-refractivity contribution in [3.05, 3.63) is 52.7 Å². The minimum absolute atomic E-state index is 0.0769. The van der Waals surface area contributed by atoms with E-state index in [4.69, 9.17) is 9.52 Å². The normalized spacial score (nSPS) is 10.4. The van der Waals surface area contributed by atoms with Crippen molar-refractivity contribution in [2.24, 2.45) is 0 Å². The van der Waals surface area contributed by atoms with Crippen LogP contribution in [0, 0.1) is 13.8 Å². The van der Waals surface area contributed by atoms with Gasteiger partial charge in [0.25, 0.3) is 5.91 Å². The molecule has 1 aromatic carbocycles. The number of carbonyl (C=O) groups excluding carboxylic acids is 1. The number of rotatable bonds is 5. The molecule has 110 valence electrons. The molecule has 0 bridgehead atoms. The number of aromatic nitrogens is 1. The molecule has 0 radical (unpaired) electrons. The molecular weight excluding hydrogens is 272 g/mol. The molecule has 0 saturated carbocycles. The maximum Gasteiger partial charge on any atom is 0.307 e. The molecule has 0 spiro atoms. The minimum Gasteiger partial charge on any atom is -0.481 e. The van der Waals surface area contributed by atoms with Crippen LogP contribution in [0.5, 0.6) is 0 Å². The molecule has 0 aliphatic heterocycles. The zero-order valence-corrected chi connectivity index (χ0v) is 11.8. The number of nitrogens with zero attached hydrogens (tertiary/aromatic N) is 1. The summed E-state index contributed by atoms with van der Waals surface area (Å²) < 4.78 is 5.24. The number of carboxylic acid groups (broad SMARTS) is 1. The van der Waals surface area contributed by atoms with Gasteiger partial charge >= 0.3 is 5.97 Å². The monoisotopic (exact) mass is 288 g/mol. The number of nitrogens with one attached hydrogen (secondary N) is 1. The summed E-state index contributed by atoms with van der Waals surface area (Å²) in [5.41, 5.74) is 1.97. The standard InChI is InChI=1S/C15H16N2O4/c1-9-14(21-10(2)17-9)15(20)16-8-12-6-4-3-5-11(12)7-13(18)19/h3-6H,7-8H2,1-2H3,(H,16,20)(H,18,19). The van der Waals surface area contributed by atoms with E-state index in [-0.39, 0.29) is 24.6 Å². The first kappa shape index (κ1) is 14.8. The van der Waals surface area contributed by atoms with E-state index in [0.717, 1.165) is 5.56 Å². The predicted molar refractivity (Wildman–Crippen MR) is 74.9 cm³/mol. The third kappa shape index (κ3) is 3.68. The van der Waals surface area contributed by atoms with Gasteiger partial charge in [0.15, 0.2) is 5.89 Å². The number of aliphatic carboxylic acids is 1. The van der Waals surface area contributed by atoms with E-state index < -0.39 is 5.97 Å². The van der Waals surface area contributed by atoms with Crippen LogP contribution in [0.4, 0.5) is 0 Å². The Bertz CT molecular complexity index is 676. The number of hydrogen-bond donors (Lipinski definition) is 2. The zero-order chi connectivity index (χ0) is 15.4. The van der Waals surface area contributed by atoms with Crippen LogP contribution in [0.1, 0.15) is 33.3 Å². The first-order valence-electron chi connectivity index (χ1n) is 6.48. The molecule has 1 aromatic heterocycles. The quantitative estimate of drug-likeness (QED) is 0.876. The first-order chi connectivity index (χ1) is 9.97. The minimum atomic E-state index is -0.907. The van der Waals surface area contributed by atoms with E-state index >= 15 is 0 Å². The molecule has 0 atom stereocenters. The van der Waals surface area contributed by atoms with Crippen LogP contribution in [0.2, 0.25) is 0 Å². The molecule has 6 heteroatoms. The highest BCUT2D eigenvalue weighted by molar-refractivity contribution is 5.92. The number of amides is 1. The van der Waals surface area contributed by atoms with Gasteiger partial charge in [0.05, 0.1) is 12.1 Å². The number of oxazole rings is 1. The summed E-state index contributed by atoms with van der Waals surface area (Å²) in [4.78, 5) is 26.9. The summed E-state index contributed by atoms with van der Waals surface area (Å²) >= 11 is 0. The molecule has 0 unspecified atom stereocenters. The van der Waals surface area contributed by atoms with Crippen LogP contribution < -0.4 is 5.32 Å². The third-order valence-corrected chi connectivity index (χ3v) is 3.01. The Kier molecular flexibility index (Phi) is 4.37. The van der Waals surface area contributed by atoms with Gasteiger partial charge in [-0.15, -0.1) is 0 Å². The van der Waals surface area contributed by atoms with Crippen molar-refractivity contribution in [1.82, 2.24) is 10.3 Å². The van der Waals surface area contributed by atoms with Gasteiger partial charge < -0.3 is 14.8 Å². The molecule has 0 aliphatic carbocycles. The Morgan fingerprint density at radius 3 is 2.48 bits per heavy atom. The van der Waals surface area contributed by atoms with Crippen LogP contribution in [-0.2, 0) is 17.8 Å². The van der Waals surface area contributed by atoms with Crippen LogP contribution in [0.15, 0.2) is 28.7 Å². The van der Waals surface area contributed by atoms with Gasteiger partial charge in [0, 0.05) is 13.5 Å². The van der Waals surface area contributed by atoms with E-state index in [1.165, 1.54) is 0 Å². The van der Waals surface area contributed by atoms with Gasteiger partial charge in [-0.3, -0.25) is 9.59 Å². The summed E-state index contributed by atoms with van der Waals surface area (Å²) in [5, 5.41) is 11.6. The Hall–Kier alpha value is -2.63. The maximum absolute atomic E-state index is 12.0. The van der Waals surface area contributed by atoms with Crippen molar-refractivity contribution in [2.45, 2.75) is 26.8 Å². The summed E-state index contributed by atoms with van der Waals surface area (Å²) in [7, 11) is 0. The second kappa shape index (κ2) is 6.21. The molecule has 6 nitrogen and oxygen atoms in total. The fourth-order valence-electron chi connectivity index (χ4n) is 2.06. The Morgan fingerprint density at radius 2 is 1.90 bits per heavy atom. The van der Waals surface area contributed by atoms with Crippen LogP contribution >= 0.6 is 0 Å². The van der Waals surface area contributed by atoms with Crippen molar-refractivity contribution in [2.75, 3.05) is 0 Å². The Labute approximate surface area is 121 Å². The summed E-state index contributed by atoms with van der Waals surface area (Å²) in [6.07, 6.45) is -0.0769. The third-order valence-electron chi connectivity index (χ3n) is 3.01. The molecule has 1 heterocycles. The fourth-order valence-corrected chi connectivity index (χ4v) is 2.06. The molecular formula is C15H16N2O4. The highest BCUT2D eigenvalue weighted by Crippen LogP contribution is 2.12. The van der Waals surface area contributed by atoms with Crippen molar-refractivity contribution in [1.29, 1.82) is 0 Å². The maximum atomic E-state index is 12.0. The zero-order valence-electron chi connectivity index (χ0n) is 11.8. The van der Waals surface area contributed by atoms with Crippen molar-refractivity contribution < 1.29 is 19.1 Å². The molecule has 21 heavy (non-hydrogen) atoms. The van der Waals surface area contributed by atoms with Gasteiger partial charge in [0.1, 0.15) is 0 Å². The first-order valence-corrected chi connectivity index (χ1v) is 6.48. The van der Waals surface area contributed by atoms with Gasteiger partial charge in [0.2, 0.25) is 5.76 Å². The van der Waals surface area contributed by atoms with Crippen LogP contribution in [0.3, 0.4) is 0 Å². The lowest BCUT2D eigenvalue weighted by Gasteiger charge is -2.08. The number of carboxylic acids is 1. The molecule has 0 aliphatic rings. The van der Waals surface area contributed by atoms with Crippen molar-refractivity contribution >= 4 is 11.9 Å². The van der Waals surface area contributed by atoms with E-state index in [1.54, 1.807) is 38.1 Å². The fraction of sp³-hybridized carbons (Fsp3) is 0.267. The van der Waals surface area contributed by atoms with Gasteiger partial charge in [-0.2, -0.15) is 0 Å². The van der Waals surface area contributed by atoms with E-state index in [9.17, 15) is 9.59 Å². The number of carbonyl (C=O) groups is 2. The SMILES string of the molecule is Cc1nc(C)c(C(=O)NCc2ccccc2CC(=O)O)o1. The van der Waals surface area contributed by atoms with Crippen LogP contribution in [-0.4, -0.2) is 22.0 Å². The lowest BCUT2D eigenvalue weighted by molar-refractivity contribution is -0.136. The average Bonchev–Trinajstić information content (AvgIpc) is 2.76. The number of hydrogen-bond acceptors (Lipinski definition) is 4. The summed E-state index contributed by atoms with van der Waals surface area (Å²) in [6, 6.07) is 7.10. The Balaban J connectivity index is 2.08. The van der Waals surface area contributed by atoms with E-state index in [0.29, 0.717) is 17.1 Å². The smallest absolute Gasteiger partial charge is 0.307 e. The molecule has 0 saturated heterocycles. The topological polar surface area (TPSA) is 92.4 Å². The largest absolute Gasteiger partial charge is 0.481 e. The second-order valence-corrected chi connectivity index (χ2v) is 4.67.